The molecule has 1 unspecified atom stereocenters. The minimum absolute atomic E-state index is 0.0882. The van der Waals surface area contributed by atoms with Crippen LogP contribution in [-0.4, -0.2) is 30.9 Å². The Morgan fingerprint density at radius 1 is 1.53 bits per heavy atom. The van der Waals surface area contributed by atoms with E-state index in [2.05, 4.69) is 0 Å². The van der Waals surface area contributed by atoms with Crippen LogP contribution >= 0.6 is 0 Å². The highest BCUT2D eigenvalue weighted by molar-refractivity contribution is 5.56. The number of para-hydroxylation sites is 1. The van der Waals surface area contributed by atoms with Crippen LogP contribution in [0.5, 0.6) is 0 Å². The van der Waals surface area contributed by atoms with Gasteiger partial charge in [-0.3, -0.25) is 0 Å². The minimum Gasteiger partial charge on any atom is -0.389 e. The fourth-order valence-corrected chi connectivity index (χ4v) is 2.22. The van der Waals surface area contributed by atoms with Gasteiger partial charge in [0.1, 0.15) is 5.82 Å². The standard InChI is InChI=1S/C13H18FNO2/c1-9-8-15(6-7-17-9)13-11(10(2)16)4-3-5-12(13)14/h3-5,9-10,16H,6-8H2,1-2H3/t9?,10-/m0/s1. The number of hydrogen-bond acceptors (Lipinski definition) is 3. The first-order valence-electron chi connectivity index (χ1n) is 5.92. The van der Waals surface area contributed by atoms with Crippen molar-refractivity contribution < 1.29 is 14.2 Å². The second-order valence-corrected chi connectivity index (χ2v) is 4.48. The molecule has 1 heterocycles. The summed E-state index contributed by atoms with van der Waals surface area (Å²) in [6, 6.07) is 4.83. The van der Waals surface area contributed by atoms with Crippen molar-refractivity contribution in [1.82, 2.24) is 0 Å². The summed E-state index contributed by atoms with van der Waals surface area (Å²) >= 11 is 0. The molecule has 3 nitrogen and oxygen atoms in total. The number of rotatable bonds is 2. The van der Waals surface area contributed by atoms with Gasteiger partial charge in [-0.1, -0.05) is 12.1 Å². The molecule has 2 atom stereocenters. The van der Waals surface area contributed by atoms with Gasteiger partial charge in [0.05, 0.1) is 24.5 Å². The van der Waals surface area contributed by atoms with E-state index < -0.39 is 6.10 Å². The molecule has 1 aromatic carbocycles. The van der Waals surface area contributed by atoms with E-state index in [1.54, 1.807) is 19.1 Å². The molecule has 4 heteroatoms. The van der Waals surface area contributed by atoms with Crippen molar-refractivity contribution in [3.05, 3.63) is 29.6 Å². The van der Waals surface area contributed by atoms with Crippen LogP contribution in [0.25, 0.3) is 0 Å². The van der Waals surface area contributed by atoms with Gasteiger partial charge in [0.15, 0.2) is 0 Å². The number of anilines is 1. The van der Waals surface area contributed by atoms with Crippen molar-refractivity contribution in [3.8, 4) is 0 Å². The predicted molar refractivity (Wildman–Crippen MR) is 64.7 cm³/mol. The first-order valence-corrected chi connectivity index (χ1v) is 5.92. The van der Waals surface area contributed by atoms with Crippen LogP contribution in [0.4, 0.5) is 10.1 Å². The second kappa shape index (κ2) is 5.02. The SMILES string of the molecule is CC1CN(c2c(F)cccc2[C@H](C)O)CCO1. The van der Waals surface area contributed by atoms with Crippen molar-refractivity contribution in [2.45, 2.75) is 26.1 Å². The van der Waals surface area contributed by atoms with Gasteiger partial charge in [-0.25, -0.2) is 4.39 Å². The van der Waals surface area contributed by atoms with Gasteiger partial charge in [-0.2, -0.15) is 0 Å². The number of aliphatic hydroxyl groups excluding tert-OH is 1. The third kappa shape index (κ3) is 2.58. The Labute approximate surface area is 101 Å². The molecule has 1 aliphatic heterocycles. The summed E-state index contributed by atoms with van der Waals surface area (Å²) in [6.45, 7) is 5.53. The highest BCUT2D eigenvalue weighted by atomic mass is 19.1. The molecule has 1 saturated heterocycles. The third-order valence-corrected chi connectivity index (χ3v) is 3.03. The largest absolute Gasteiger partial charge is 0.389 e. The Morgan fingerprint density at radius 2 is 2.29 bits per heavy atom. The van der Waals surface area contributed by atoms with Gasteiger partial charge in [0, 0.05) is 18.7 Å². The van der Waals surface area contributed by atoms with Crippen LogP contribution in [0.15, 0.2) is 18.2 Å². The average molecular weight is 239 g/mol. The van der Waals surface area contributed by atoms with E-state index in [0.29, 0.717) is 30.9 Å². The van der Waals surface area contributed by atoms with E-state index in [4.69, 9.17) is 4.74 Å². The van der Waals surface area contributed by atoms with Crippen LogP contribution in [-0.2, 0) is 4.74 Å². The maximum absolute atomic E-state index is 13.9. The van der Waals surface area contributed by atoms with Crippen molar-refractivity contribution >= 4 is 5.69 Å². The number of aliphatic hydroxyl groups is 1. The lowest BCUT2D eigenvalue weighted by Crippen LogP contribution is -2.42. The topological polar surface area (TPSA) is 32.7 Å². The van der Waals surface area contributed by atoms with Gasteiger partial charge in [0.2, 0.25) is 0 Å². The molecule has 0 saturated carbocycles. The van der Waals surface area contributed by atoms with Crippen LogP contribution in [0.1, 0.15) is 25.5 Å². The number of morpholine rings is 1. The van der Waals surface area contributed by atoms with Crippen molar-refractivity contribution in [1.29, 1.82) is 0 Å². The lowest BCUT2D eigenvalue weighted by molar-refractivity contribution is 0.0527. The highest BCUT2D eigenvalue weighted by Crippen LogP contribution is 2.30. The molecule has 1 fully saturated rings. The van der Waals surface area contributed by atoms with E-state index in [1.165, 1.54) is 6.07 Å². The van der Waals surface area contributed by atoms with E-state index in [-0.39, 0.29) is 11.9 Å². The number of ether oxygens (including phenoxy) is 1. The first-order chi connectivity index (χ1) is 8.09. The van der Waals surface area contributed by atoms with Gasteiger partial charge in [0.25, 0.3) is 0 Å². The molecule has 94 valence electrons. The molecule has 1 aromatic rings. The second-order valence-electron chi connectivity index (χ2n) is 4.48. The molecule has 1 N–H and O–H groups in total. The average Bonchev–Trinajstić information content (AvgIpc) is 2.28. The maximum atomic E-state index is 13.9. The summed E-state index contributed by atoms with van der Waals surface area (Å²) < 4.78 is 19.4. The summed E-state index contributed by atoms with van der Waals surface area (Å²) in [5.41, 5.74) is 1.15. The maximum Gasteiger partial charge on any atom is 0.146 e. The molecule has 17 heavy (non-hydrogen) atoms. The van der Waals surface area contributed by atoms with Crippen molar-refractivity contribution in [3.63, 3.8) is 0 Å². The lowest BCUT2D eigenvalue weighted by Gasteiger charge is -2.34. The summed E-state index contributed by atoms with van der Waals surface area (Å²) in [4.78, 5) is 1.95. The number of nitrogens with zero attached hydrogens (tertiary/aromatic N) is 1. The van der Waals surface area contributed by atoms with Crippen LogP contribution in [0.2, 0.25) is 0 Å². The van der Waals surface area contributed by atoms with E-state index >= 15 is 0 Å². The Morgan fingerprint density at radius 3 is 2.94 bits per heavy atom. The van der Waals surface area contributed by atoms with E-state index in [0.717, 1.165) is 0 Å². The lowest BCUT2D eigenvalue weighted by atomic mass is 10.1. The molecule has 1 aliphatic rings. The van der Waals surface area contributed by atoms with Gasteiger partial charge in [-0.05, 0) is 19.9 Å². The van der Waals surface area contributed by atoms with Crippen LogP contribution in [0, 0.1) is 5.82 Å². The molecular formula is C13H18FNO2. The van der Waals surface area contributed by atoms with Gasteiger partial charge >= 0.3 is 0 Å². The zero-order chi connectivity index (χ0) is 12.4. The monoisotopic (exact) mass is 239 g/mol. The fourth-order valence-electron chi connectivity index (χ4n) is 2.22. The van der Waals surface area contributed by atoms with E-state index in [1.807, 2.05) is 11.8 Å². The molecule has 0 aromatic heterocycles. The molecule has 0 bridgehead atoms. The highest BCUT2D eigenvalue weighted by Gasteiger charge is 2.23. The summed E-state index contributed by atoms with van der Waals surface area (Å²) in [7, 11) is 0. The first kappa shape index (κ1) is 12.3. The molecule has 0 amide bonds. The Balaban J connectivity index is 2.35. The summed E-state index contributed by atoms with van der Waals surface area (Å²) in [6.07, 6.45) is -0.580. The molecule has 0 spiro atoms. The van der Waals surface area contributed by atoms with Gasteiger partial charge in [-0.15, -0.1) is 0 Å². The fraction of sp³-hybridized carbons (Fsp3) is 0.538. The quantitative estimate of drug-likeness (QED) is 0.858. The Bertz CT molecular complexity index is 395. The van der Waals surface area contributed by atoms with Crippen molar-refractivity contribution in [2.24, 2.45) is 0 Å². The zero-order valence-corrected chi connectivity index (χ0v) is 10.2. The number of hydrogen-bond donors (Lipinski definition) is 1. The molecule has 0 radical (unpaired) electrons. The smallest absolute Gasteiger partial charge is 0.146 e. The Hall–Kier alpha value is -1.13. The van der Waals surface area contributed by atoms with Crippen molar-refractivity contribution in [2.75, 3.05) is 24.6 Å². The van der Waals surface area contributed by atoms with Gasteiger partial charge < -0.3 is 14.7 Å². The molecule has 2 rings (SSSR count). The normalized spacial score (nSPS) is 22.6. The van der Waals surface area contributed by atoms with E-state index in [9.17, 15) is 9.50 Å². The third-order valence-electron chi connectivity index (χ3n) is 3.03. The number of benzene rings is 1. The summed E-state index contributed by atoms with van der Waals surface area (Å²) in [5, 5.41) is 9.70. The van der Waals surface area contributed by atoms with Crippen LogP contribution < -0.4 is 4.90 Å². The molecule has 0 aliphatic carbocycles. The van der Waals surface area contributed by atoms with Crippen LogP contribution in [0.3, 0.4) is 0 Å². The number of halogens is 1. The minimum atomic E-state index is -0.668. The zero-order valence-electron chi connectivity index (χ0n) is 10.2. The summed E-state index contributed by atoms with van der Waals surface area (Å²) in [5.74, 6) is -0.280. The predicted octanol–water partition coefficient (Wildman–Crippen LogP) is 2.10. The Kier molecular flexibility index (Phi) is 3.64. The molecular weight excluding hydrogens is 221 g/mol.